The molecule has 1 saturated heterocycles. The Morgan fingerprint density at radius 2 is 2.05 bits per heavy atom. The van der Waals surface area contributed by atoms with Gasteiger partial charge in [-0.25, -0.2) is 0 Å². The summed E-state index contributed by atoms with van der Waals surface area (Å²) in [4.78, 5) is 16.6. The smallest absolute Gasteiger partial charge is 0.378 e. The second-order valence-corrected chi connectivity index (χ2v) is 10.7. The summed E-state index contributed by atoms with van der Waals surface area (Å²) in [5.74, 6) is 2.98. The molecule has 1 fully saturated rings. The first kappa shape index (κ1) is 15.5. The molecule has 21 heavy (non-hydrogen) atoms. The van der Waals surface area contributed by atoms with Gasteiger partial charge in [0, 0.05) is 13.1 Å². The number of nitro groups is 1. The zero-order valence-corrected chi connectivity index (χ0v) is 13.5. The van der Waals surface area contributed by atoms with Crippen LogP contribution < -0.4 is 4.90 Å². The largest absolute Gasteiger partial charge is 0.387 e. The average Bonchev–Trinajstić information content (AvgIpc) is 2.45. The van der Waals surface area contributed by atoms with Crippen LogP contribution in [0, 0.1) is 21.6 Å². The first-order valence-electron chi connectivity index (χ1n) is 6.87. The lowest BCUT2D eigenvalue weighted by molar-refractivity contribution is -0.388. The lowest BCUT2D eigenvalue weighted by Gasteiger charge is -2.28. The SMILES string of the molecule is C[Si](C)(C)C#Cc1cnc([N+](=O)[O-])c(N2CCOCC2)c1. The van der Waals surface area contributed by atoms with E-state index in [2.05, 4.69) is 36.1 Å². The molecule has 1 aliphatic rings. The Kier molecular flexibility index (Phi) is 4.60. The van der Waals surface area contributed by atoms with Gasteiger partial charge in [0.15, 0.2) is 6.20 Å². The highest BCUT2D eigenvalue weighted by Crippen LogP contribution is 2.27. The van der Waals surface area contributed by atoms with E-state index in [1.54, 1.807) is 6.07 Å². The van der Waals surface area contributed by atoms with Crippen molar-refractivity contribution in [2.75, 3.05) is 31.2 Å². The van der Waals surface area contributed by atoms with Crippen LogP contribution in [0.5, 0.6) is 0 Å². The standard InChI is InChI=1S/C14H19N3O3Si/c1-21(2,3)9-4-12-10-13(14(15-11-12)17(18)19)16-5-7-20-8-6-16/h10-11H,5-8H2,1-3H3. The molecule has 112 valence electrons. The van der Waals surface area contributed by atoms with Gasteiger partial charge in [0.1, 0.15) is 13.8 Å². The molecule has 1 aromatic heterocycles. The van der Waals surface area contributed by atoms with E-state index in [9.17, 15) is 10.1 Å². The Hall–Kier alpha value is -1.91. The zero-order valence-electron chi connectivity index (χ0n) is 12.5. The minimum Gasteiger partial charge on any atom is -0.378 e. The summed E-state index contributed by atoms with van der Waals surface area (Å²) in [6.07, 6.45) is 1.48. The Morgan fingerprint density at radius 1 is 1.38 bits per heavy atom. The molecule has 1 aliphatic heterocycles. The summed E-state index contributed by atoms with van der Waals surface area (Å²) in [7, 11) is -1.49. The molecule has 0 unspecified atom stereocenters. The summed E-state index contributed by atoms with van der Waals surface area (Å²) >= 11 is 0. The number of aromatic nitrogens is 1. The highest BCUT2D eigenvalue weighted by molar-refractivity contribution is 6.83. The lowest BCUT2D eigenvalue weighted by Crippen LogP contribution is -2.36. The number of pyridine rings is 1. The summed E-state index contributed by atoms with van der Waals surface area (Å²) in [6.45, 7) is 8.87. The molecule has 7 heteroatoms. The molecule has 0 atom stereocenters. The van der Waals surface area contributed by atoms with E-state index < -0.39 is 13.0 Å². The minimum absolute atomic E-state index is 0.115. The van der Waals surface area contributed by atoms with E-state index in [0.29, 0.717) is 32.0 Å². The third kappa shape index (κ3) is 4.28. The van der Waals surface area contributed by atoms with Crippen LogP contribution in [0.1, 0.15) is 5.56 Å². The highest BCUT2D eigenvalue weighted by Gasteiger charge is 2.23. The Balaban J connectivity index is 2.38. The third-order valence-electron chi connectivity index (χ3n) is 2.95. The predicted octanol–water partition coefficient (Wildman–Crippen LogP) is 2.06. The van der Waals surface area contributed by atoms with Crippen LogP contribution in [0.2, 0.25) is 19.6 Å². The fourth-order valence-corrected chi connectivity index (χ4v) is 2.47. The average molecular weight is 305 g/mol. The van der Waals surface area contributed by atoms with Gasteiger partial charge in [0.05, 0.1) is 18.8 Å². The number of hydrogen-bond acceptors (Lipinski definition) is 5. The van der Waals surface area contributed by atoms with Crippen LogP contribution in [-0.2, 0) is 4.74 Å². The van der Waals surface area contributed by atoms with Crippen LogP contribution in [0.15, 0.2) is 12.3 Å². The molecule has 0 bridgehead atoms. The van der Waals surface area contributed by atoms with Crippen molar-refractivity contribution in [1.29, 1.82) is 0 Å². The summed E-state index contributed by atoms with van der Waals surface area (Å²) in [5, 5.41) is 11.1. The number of anilines is 1. The van der Waals surface area contributed by atoms with E-state index in [4.69, 9.17) is 4.74 Å². The van der Waals surface area contributed by atoms with Gasteiger partial charge in [0.25, 0.3) is 0 Å². The van der Waals surface area contributed by atoms with Gasteiger partial charge in [-0.3, -0.25) is 0 Å². The summed E-state index contributed by atoms with van der Waals surface area (Å²) in [6, 6.07) is 1.77. The summed E-state index contributed by atoms with van der Waals surface area (Å²) in [5.41, 5.74) is 4.51. The van der Waals surface area contributed by atoms with Crippen molar-refractivity contribution in [3.63, 3.8) is 0 Å². The number of ether oxygens (including phenoxy) is 1. The number of morpholine rings is 1. The van der Waals surface area contributed by atoms with Gasteiger partial charge in [0.2, 0.25) is 0 Å². The highest BCUT2D eigenvalue weighted by atomic mass is 28.3. The van der Waals surface area contributed by atoms with Crippen LogP contribution in [0.25, 0.3) is 0 Å². The number of nitrogens with zero attached hydrogens (tertiary/aromatic N) is 3. The fourth-order valence-electron chi connectivity index (χ4n) is 1.95. The molecular weight excluding hydrogens is 286 g/mol. The van der Waals surface area contributed by atoms with E-state index in [0.717, 1.165) is 5.56 Å². The first-order chi connectivity index (χ1) is 9.87. The molecule has 0 saturated carbocycles. The summed E-state index contributed by atoms with van der Waals surface area (Å²) < 4.78 is 5.29. The van der Waals surface area contributed by atoms with Gasteiger partial charge in [-0.15, -0.1) is 5.54 Å². The molecule has 0 radical (unpaired) electrons. The molecule has 0 aliphatic carbocycles. The van der Waals surface area contributed by atoms with Crippen molar-refractivity contribution in [3.8, 4) is 11.5 Å². The van der Waals surface area contributed by atoms with Gasteiger partial charge < -0.3 is 19.8 Å². The van der Waals surface area contributed by atoms with Gasteiger partial charge in [-0.05, 0) is 16.0 Å². The van der Waals surface area contributed by atoms with Crippen LogP contribution in [0.3, 0.4) is 0 Å². The normalized spacial score (nSPS) is 15.3. The molecule has 1 aromatic rings. The molecule has 0 spiro atoms. The minimum atomic E-state index is -1.49. The van der Waals surface area contributed by atoms with Crippen molar-refractivity contribution in [1.82, 2.24) is 4.98 Å². The first-order valence-corrected chi connectivity index (χ1v) is 10.4. The molecule has 6 nitrogen and oxygen atoms in total. The fraction of sp³-hybridized carbons (Fsp3) is 0.500. The van der Waals surface area contributed by atoms with Crippen LogP contribution in [-0.4, -0.2) is 44.3 Å². The number of hydrogen-bond donors (Lipinski definition) is 0. The maximum Gasteiger partial charge on any atom is 0.387 e. The van der Waals surface area contributed by atoms with Gasteiger partial charge in [-0.2, -0.15) is 0 Å². The maximum atomic E-state index is 11.1. The van der Waals surface area contributed by atoms with E-state index >= 15 is 0 Å². The van der Waals surface area contributed by atoms with E-state index in [-0.39, 0.29) is 5.82 Å². The van der Waals surface area contributed by atoms with Crippen molar-refractivity contribution in [3.05, 3.63) is 27.9 Å². The van der Waals surface area contributed by atoms with Crippen molar-refractivity contribution < 1.29 is 9.66 Å². The van der Waals surface area contributed by atoms with Crippen molar-refractivity contribution in [2.24, 2.45) is 0 Å². The number of rotatable bonds is 2. The Morgan fingerprint density at radius 3 is 2.62 bits per heavy atom. The molecule has 0 aromatic carbocycles. The predicted molar refractivity (Wildman–Crippen MR) is 84.1 cm³/mol. The lowest BCUT2D eigenvalue weighted by atomic mass is 10.2. The third-order valence-corrected chi connectivity index (χ3v) is 3.83. The zero-order chi connectivity index (χ0) is 15.5. The Labute approximate surface area is 125 Å². The van der Waals surface area contributed by atoms with E-state index in [1.807, 2.05) is 4.90 Å². The topological polar surface area (TPSA) is 68.5 Å². The molecule has 2 heterocycles. The molecule has 0 N–H and O–H groups in total. The van der Waals surface area contributed by atoms with E-state index in [1.165, 1.54) is 6.20 Å². The van der Waals surface area contributed by atoms with Crippen LogP contribution >= 0.6 is 0 Å². The maximum absolute atomic E-state index is 11.1. The quantitative estimate of drug-likeness (QED) is 0.362. The van der Waals surface area contributed by atoms with Crippen LogP contribution in [0.4, 0.5) is 11.5 Å². The second-order valence-electron chi connectivity index (χ2n) is 5.92. The second kappa shape index (κ2) is 6.24. The molecule has 0 amide bonds. The van der Waals surface area contributed by atoms with Gasteiger partial charge >= 0.3 is 5.82 Å². The van der Waals surface area contributed by atoms with Crippen molar-refractivity contribution >= 4 is 19.6 Å². The Bertz CT molecular complexity index is 596. The molecule has 2 rings (SSSR count). The molecular formula is C14H19N3O3Si. The monoisotopic (exact) mass is 305 g/mol. The van der Waals surface area contributed by atoms with Crippen molar-refractivity contribution in [2.45, 2.75) is 19.6 Å². The van der Waals surface area contributed by atoms with Gasteiger partial charge in [-0.1, -0.05) is 25.6 Å².